The molecule has 2 N–H and O–H groups in total. The highest BCUT2D eigenvalue weighted by Gasteiger charge is 2.21. The number of halogens is 1. The fraction of sp³-hybridized carbons (Fsp3) is 0.308. The van der Waals surface area contributed by atoms with Gasteiger partial charge in [0, 0.05) is 11.1 Å². The van der Waals surface area contributed by atoms with Gasteiger partial charge in [-0.15, -0.1) is 5.10 Å². The predicted octanol–water partition coefficient (Wildman–Crippen LogP) is 2.49. The number of hydrogen-bond donors (Lipinski definition) is 2. The van der Waals surface area contributed by atoms with Crippen LogP contribution >= 0.6 is 0 Å². The Morgan fingerprint density at radius 1 is 1.26 bits per heavy atom. The molecule has 19 heavy (non-hydrogen) atoms. The van der Waals surface area contributed by atoms with Crippen molar-refractivity contribution in [2.45, 2.75) is 26.2 Å². The summed E-state index contributed by atoms with van der Waals surface area (Å²) in [6.07, 6.45) is 0. The van der Waals surface area contributed by atoms with Crippen molar-refractivity contribution in [1.29, 1.82) is 0 Å². The molecule has 0 fully saturated rings. The summed E-state index contributed by atoms with van der Waals surface area (Å²) in [6.45, 7) is 5.90. The number of rotatable bonds is 2. The van der Waals surface area contributed by atoms with E-state index in [1.807, 2.05) is 20.8 Å². The molecule has 2 rings (SSSR count). The first-order valence-corrected chi connectivity index (χ1v) is 5.86. The zero-order chi connectivity index (χ0) is 14.0. The van der Waals surface area contributed by atoms with Gasteiger partial charge in [0.1, 0.15) is 11.6 Å². The number of amides is 1. The predicted molar refractivity (Wildman–Crippen MR) is 69.4 cm³/mol. The normalized spacial score (nSPS) is 11.4. The van der Waals surface area contributed by atoms with Gasteiger partial charge in [-0.1, -0.05) is 20.8 Å². The van der Waals surface area contributed by atoms with Crippen LogP contribution in [0.4, 0.5) is 10.1 Å². The topological polar surface area (TPSA) is 70.7 Å². The maximum atomic E-state index is 12.7. The highest BCUT2D eigenvalue weighted by Crippen LogP contribution is 2.17. The van der Waals surface area contributed by atoms with E-state index in [1.54, 1.807) is 0 Å². The van der Waals surface area contributed by atoms with Crippen LogP contribution in [0.25, 0.3) is 0 Å². The summed E-state index contributed by atoms with van der Waals surface area (Å²) in [5.41, 5.74) is 0.287. The van der Waals surface area contributed by atoms with E-state index in [0.717, 1.165) is 0 Å². The number of anilines is 1. The Balaban J connectivity index is 2.12. The lowest BCUT2D eigenvalue weighted by atomic mass is 9.96. The lowest BCUT2D eigenvalue weighted by Crippen LogP contribution is -2.16. The van der Waals surface area contributed by atoms with Crippen LogP contribution in [-0.2, 0) is 5.41 Å². The number of aromatic amines is 1. The van der Waals surface area contributed by atoms with Crippen LogP contribution in [0.3, 0.4) is 0 Å². The molecule has 0 aliphatic carbocycles. The van der Waals surface area contributed by atoms with Gasteiger partial charge in [-0.3, -0.25) is 9.89 Å². The molecule has 6 heteroatoms. The number of carbonyl (C=O) groups is 1. The van der Waals surface area contributed by atoms with Crippen LogP contribution in [0, 0.1) is 5.82 Å². The minimum absolute atomic E-state index is 0.0641. The molecule has 100 valence electrons. The Labute approximate surface area is 110 Å². The first kappa shape index (κ1) is 13.2. The molecule has 1 aromatic heterocycles. The Morgan fingerprint density at radius 3 is 2.42 bits per heavy atom. The fourth-order valence-corrected chi connectivity index (χ4v) is 1.42. The van der Waals surface area contributed by atoms with E-state index in [1.165, 1.54) is 24.3 Å². The Hall–Kier alpha value is -2.24. The molecule has 0 aliphatic heterocycles. The molecule has 0 spiro atoms. The second-order valence-corrected chi connectivity index (χ2v) is 5.22. The second kappa shape index (κ2) is 4.79. The SMILES string of the molecule is CC(C)(C)c1nc(C(=O)Nc2ccc(F)cc2)n[nH]1. The molecule has 1 amide bonds. The van der Waals surface area contributed by atoms with Crippen molar-refractivity contribution in [1.82, 2.24) is 15.2 Å². The zero-order valence-corrected chi connectivity index (χ0v) is 11.0. The molecule has 0 atom stereocenters. The maximum Gasteiger partial charge on any atom is 0.295 e. The van der Waals surface area contributed by atoms with Crippen molar-refractivity contribution >= 4 is 11.6 Å². The molecule has 0 unspecified atom stereocenters. The molecule has 0 aliphatic rings. The van der Waals surface area contributed by atoms with E-state index >= 15 is 0 Å². The summed E-state index contributed by atoms with van der Waals surface area (Å²) in [5, 5.41) is 9.21. The molecule has 0 saturated carbocycles. The van der Waals surface area contributed by atoms with Crippen LogP contribution in [0.5, 0.6) is 0 Å². The van der Waals surface area contributed by atoms with Gasteiger partial charge in [-0.25, -0.2) is 9.37 Å². The van der Waals surface area contributed by atoms with Crippen LogP contribution < -0.4 is 5.32 Å². The average molecular weight is 262 g/mol. The Bertz CT molecular complexity index is 583. The molecular formula is C13H15FN4O. The van der Waals surface area contributed by atoms with Crippen molar-refractivity contribution in [2.75, 3.05) is 5.32 Å². The minimum atomic E-state index is -0.432. The summed E-state index contributed by atoms with van der Waals surface area (Å²) in [7, 11) is 0. The van der Waals surface area contributed by atoms with Crippen molar-refractivity contribution < 1.29 is 9.18 Å². The van der Waals surface area contributed by atoms with Gasteiger partial charge in [0.2, 0.25) is 5.82 Å². The van der Waals surface area contributed by atoms with Crippen LogP contribution in [-0.4, -0.2) is 21.1 Å². The van der Waals surface area contributed by atoms with Crippen LogP contribution in [0.2, 0.25) is 0 Å². The van der Waals surface area contributed by atoms with Gasteiger partial charge in [0.05, 0.1) is 0 Å². The van der Waals surface area contributed by atoms with Crippen molar-refractivity contribution in [3.05, 3.63) is 41.7 Å². The molecule has 0 bridgehead atoms. The van der Waals surface area contributed by atoms with Crippen molar-refractivity contribution in [3.8, 4) is 0 Å². The molecule has 5 nitrogen and oxygen atoms in total. The smallest absolute Gasteiger partial charge is 0.295 e. The number of hydrogen-bond acceptors (Lipinski definition) is 3. The Kier molecular flexibility index (Phi) is 3.33. The molecule has 0 radical (unpaired) electrons. The van der Waals surface area contributed by atoms with Gasteiger partial charge < -0.3 is 5.32 Å². The summed E-state index contributed by atoms with van der Waals surface area (Å²) >= 11 is 0. The number of nitrogens with zero attached hydrogens (tertiary/aromatic N) is 2. The number of H-pyrrole nitrogens is 1. The third-order valence-corrected chi connectivity index (χ3v) is 2.50. The number of carbonyl (C=O) groups excluding carboxylic acids is 1. The molecule has 2 aromatic rings. The van der Waals surface area contributed by atoms with E-state index in [0.29, 0.717) is 11.5 Å². The third-order valence-electron chi connectivity index (χ3n) is 2.50. The average Bonchev–Trinajstić information content (AvgIpc) is 2.81. The summed E-state index contributed by atoms with van der Waals surface area (Å²) < 4.78 is 12.7. The highest BCUT2D eigenvalue weighted by atomic mass is 19.1. The summed E-state index contributed by atoms with van der Waals surface area (Å²) in [6, 6.07) is 5.50. The van der Waals surface area contributed by atoms with E-state index in [4.69, 9.17) is 0 Å². The number of nitrogens with one attached hydrogen (secondary N) is 2. The second-order valence-electron chi connectivity index (χ2n) is 5.22. The third kappa shape index (κ3) is 3.15. The van der Waals surface area contributed by atoms with Crippen LogP contribution in [0.1, 0.15) is 37.2 Å². The van der Waals surface area contributed by atoms with Crippen molar-refractivity contribution in [2.24, 2.45) is 0 Å². The Morgan fingerprint density at radius 2 is 1.89 bits per heavy atom. The lowest BCUT2D eigenvalue weighted by Gasteiger charge is -2.12. The lowest BCUT2D eigenvalue weighted by molar-refractivity contribution is 0.101. The quantitative estimate of drug-likeness (QED) is 0.873. The largest absolute Gasteiger partial charge is 0.319 e. The minimum Gasteiger partial charge on any atom is -0.319 e. The molecule has 1 heterocycles. The van der Waals surface area contributed by atoms with E-state index in [-0.39, 0.29) is 17.1 Å². The van der Waals surface area contributed by atoms with Gasteiger partial charge in [0.25, 0.3) is 5.91 Å². The van der Waals surface area contributed by atoms with E-state index < -0.39 is 5.91 Å². The fourth-order valence-electron chi connectivity index (χ4n) is 1.42. The van der Waals surface area contributed by atoms with Gasteiger partial charge in [-0.05, 0) is 24.3 Å². The maximum absolute atomic E-state index is 12.7. The molecule has 1 aromatic carbocycles. The van der Waals surface area contributed by atoms with Crippen molar-refractivity contribution in [3.63, 3.8) is 0 Å². The summed E-state index contributed by atoms with van der Waals surface area (Å²) in [4.78, 5) is 16.0. The number of aromatic nitrogens is 3. The van der Waals surface area contributed by atoms with Gasteiger partial charge in [0.15, 0.2) is 0 Å². The van der Waals surface area contributed by atoms with Gasteiger partial charge in [-0.2, -0.15) is 0 Å². The summed E-state index contributed by atoms with van der Waals surface area (Å²) in [5.74, 6) is -0.0877. The van der Waals surface area contributed by atoms with E-state index in [9.17, 15) is 9.18 Å². The van der Waals surface area contributed by atoms with E-state index in [2.05, 4.69) is 20.5 Å². The number of benzene rings is 1. The van der Waals surface area contributed by atoms with Gasteiger partial charge >= 0.3 is 0 Å². The zero-order valence-electron chi connectivity index (χ0n) is 11.0. The molecular weight excluding hydrogens is 247 g/mol. The highest BCUT2D eigenvalue weighted by molar-refractivity contribution is 6.01. The molecule has 0 saturated heterocycles. The first-order chi connectivity index (χ1) is 8.86. The standard InChI is InChI=1S/C13H15FN4O/c1-13(2,3)12-16-10(17-18-12)11(19)15-9-6-4-8(14)5-7-9/h4-7H,1-3H3,(H,15,19)(H,16,17,18). The monoisotopic (exact) mass is 262 g/mol. The van der Waals surface area contributed by atoms with Crippen LogP contribution in [0.15, 0.2) is 24.3 Å². The first-order valence-electron chi connectivity index (χ1n) is 5.86.